The molecular formula is C25H28N4O6. The summed E-state index contributed by atoms with van der Waals surface area (Å²) in [6.45, 7) is 6.79. The van der Waals surface area contributed by atoms with Crippen LogP contribution >= 0.6 is 0 Å². The molecule has 1 heterocycles. The number of carbonyl (C=O) groups is 5. The fraction of sp³-hybridized carbons (Fsp3) is 0.320. The number of alkyl carbamates (subject to hydrolysis) is 1. The summed E-state index contributed by atoms with van der Waals surface area (Å²) in [4.78, 5) is 62.8. The molecular weight excluding hydrogens is 452 g/mol. The number of hydrogen-bond acceptors (Lipinski definition) is 6. The Morgan fingerprint density at radius 2 is 1.49 bits per heavy atom. The third-order valence-corrected chi connectivity index (χ3v) is 5.03. The first kappa shape index (κ1) is 25.4. The molecule has 10 heteroatoms. The zero-order valence-corrected chi connectivity index (χ0v) is 20.0. The number of nitrogens with one attached hydrogen (secondary N) is 3. The molecule has 1 atom stereocenters. The minimum Gasteiger partial charge on any atom is -0.444 e. The van der Waals surface area contributed by atoms with Crippen molar-refractivity contribution in [2.75, 3.05) is 17.2 Å². The van der Waals surface area contributed by atoms with Crippen LogP contribution in [0.3, 0.4) is 0 Å². The fourth-order valence-corrected chi connectivity index (χ4v) is 3.41. The monoisotopic (exact) mass is 480 g/mol. The summed E-state index contributed by atoms with van der Waals surface area (Å²) in [6, 6.07) is 11.8. The molecule has 1 aliphatic heterocycles. The van der Waals surface area contributed by atoms with E-state index in [1.165, 1.54) is 6.92 Å². The lowest BCUT2D eigenvalue weighted by Crippen LogP contribution is -2.45. The Hall–Kier alpha value is -4.21. The van der Waals surface area contributed by atoms with Gasteiger partial charge in [0.1, 0.15) is 11.6 Å². The number of anilines is 2. The second-order valence-corrected chi connectivity index (χ2v) is 9.00. The van der Waals surface area contributed by atoms with Crippen LogP contribution in [0.4, 0.5) is 16.2 Å². The average Bonchev–Trinajstić information content (AvgIpc) is 3.02. The van der Waals surface area contributed by atoms with Gasteiger partial charge in [-0.3, -0.25) is 24.1 Å². The van der Waals surface area contributed by atoms with Gasteiger partial charge in [-0.15, -0.1) is 0 Å². The molecule has 35 heavy (non-hydrogen) atoms. The largest absolute Gasteiger partial charge is 0.444 e. The van der Waals surface area contributed by atoms with Crippen molar-refractivity contribution in [1.29, 1.82) is 0 Å². The Balaban J connectivity index is 1.54. The predicted molar refractivity (Wildman–Crippen MR) is 129 cm³/mol. The topological polar surface area (TPSA) is 134 Å². The molecule has 0 fully saturated rings. The second kappa shape index (κ2) is 10.4. The summed E-state index contributed by atoms with van der Waals surface area (Å²) in [5, 5.41) is 7.86. The molecule has 2 aromatic rings. The molecule has 0 saturated carbocycles. The van der Waals surface area contributed by atoms with Crippen molar-refractivity contribution in [3.63, 3.8) is 0 Å². The molecule has 0 spiro atoms. The van der Waals surface area contributed by atoms with Gasteiger partial charge in [0.25, 0.3) is 11.8 Å². The van der Waals surface area contributed by atoms with Crippen molar-refractivity contribution in [2.24, 2.45) is 0 Å². The summed E-state index contributed by atoms with van der Waals surface area (Å²) in [5.74, 6) is -1.93. The van der Waals surface area contributed by atoms with Crippen molar-refractivity contribution in [1.82, 2.24) is 10.2 Å². The van der Waals surface area contributed by atoms with Crippen LogP contribution in [-0.4, -0.2) is 52.8 Å². The Labute approximate surface area is 203 Å². The van der Waals surface area contributed by atoms with E-state index < -0.39 is 35.5 Å². The molecule has 0 bridgehead atoms. The van der Waals surface area contributed by atoms with E-state index in [0.717, 1.165) is 4.90 Å². The number of hydrogen-bond donors (Lipinski definition) is 3. The third-order valence-electron chi connectivity index (χ3n) is 5.03. The highest BCUT2D eigenvalue weighted by atomic mass is 16.6. The van der Waals surface area contributed by atoms with Gasteiger partial charge < -0.3 is 20.7 Å². The van der Waals surface area contributed by atoms with E-state index >= 15 is 0 Å². The molecule has 0 saturated heterocycles. The highest BCUT2D eigenvalue weighted by Gasteiger charge is 2.40. The van der Waals surface area contributed by atoms with Gasteiger partial charge in [-0.25, -0.2) is 4.79 Å². The molecule has 1 unspecified atom stereocenters. The number of amides is 5. The molecule has 5 amide bonds. The first-order chi connectivity index (χ1) is 16.5. The van der Waals surface area contributed by atoms with Crippen molar-refractivity contribution in [3.05, 3.63) is 59.7 Å². The Morgan fingerprint density at radius 3 is 2.06 bits per heavy atom. The molecule has 2 aromatic carbocycles. The third kappa shape index (κ3) is 6.44. The van der Waals surface area contributed by atoms with Gasteiger partial charge in [0.05, 0.1) is 11.1 Å². The number of carbonyl (C=O) groups excluding carboxylic acids is 5. The maximum absolute atomic E-state index is 12.8. The van der Waals surface area contributed by atoms with Gasteiger partial charge in [-0.1, -0.05) is 18.2 Å². The van der Waals surface area contributed by atoms with E-state index in [9.17, 15) is 24.0 Å². The summed E-state index contributed by atoms with van der Waals surface area (Å²) < 4.78 is 5.11. The maximum atomic E-state index is 12.8. The highest BCUT2D eigenvalue weighted by molar-refractivity contribution is 6.23. The zero-order valence-electron chi connectivity index (χ0n) is 20.0. The smallest absolute Gasteiger partial charge is 0.407 e. The van der Waals surface area contributed by atoms with Crippen LogP contribution in [0.25, 0.3) is 0 Å². The SMILES string of the molecule is CC(C(=O)Nc1cccc(NC(=O)CCNC(=O)OC(C)(C)C)c1)N1C(=O)c2ccccc2C1=O. The van der Waals surface area contributed by atoms with E-state index in [-0.39, 0.29) is 30.0 Å². The fourth-order valence-electron chi connectivity index (χ4n) is 3.41. The van der Waals surface area contributed by atoms with Crippen molar-refractivity contribution in [3.8, 4) is 0 Å². The summed E-state index contributed by atoms with van der Waals surface area (Å²) in [6.07, 6.45) is -0.589. The molecule has 0 aromatic heterocycles. The average molecular weight is 481 g/mol. The minimum absolute atomic E-state index is 0.0204. The normalized spacial score (nSPS) is 13.7. The maximum Gasteiger partial charge on any atom is 0.407 e. The van der Waals surface area contributed by atoms with E-state index in [0.29, 0.717) is 11.4 Å². The highest BCUT2D eigenvalue weighted by Crippen LogP contribution is 2.25. The Bertz CT molecular complexity index is 1140. The molecule has 3 N–H and O–H groups in total. The molecule has 10 nitrogen and oxygen atoms in total. The van der Waals surface area contributed by atoms with Gasteiger partial charge in [-0.2, -0.15) is 0 Å². The van der Waals surface area contributed by atoms with Crippen LogP contribution in [0.2, 0.25) is 0 Å². The van der Waals surface area contributed by atoms with Gasteiger partial charge in [-0.05, 0) is 58.0 Å². The lowest BCUT2D eigenvalue weighted by Gasteiger charge is -2.21. The van der Waals surface area contributed by atoms with Crippen molar-refractivity contribution < 1.29 is 28.7 Å². The van der Waals surface area contributed by atoms with E-state index in [1.54, 1.807) is 69.3 Å². The van der Waals surface area contributed by atoms with Gasteiger partial charge in [0.2, 0.25) is 11.8 Å². The summed E-state index contributed by atoms with van der Waals surface area (Å²) in [5.41, 5.74) is 0.709. The number of rotatable bonds is 7. The summed E-state index contributed by atoms with van der Waals surface area (Å²) in [7, 11) is 0. The predicted octanol–water partition coefficient (Wildman–Crippen LogP) is 3.16. The van der Waals surface area contributed by atoms with Crippen LogP contribution < -0.4 is 16.0 Å². The van der Waals surface area contributed by atoms with E-state index in [1.807, 2.05) is 0 Å². The first-order valence-corrected chi connectivity index (χ1v) is 11.1. The Morgan fingerprint density at radius 1 is 0.914 bits per heavy atom. The van der Waals surface area contributed by atoms with Crippen LogP contribution in [0.15, 0.2) is 48.5 Å². The number of fused-ring (bicyclic) bond motifs is 1. The minimum atomic E-state index is -1.04. The standard InChI is InChI=1S/C25H28N4O6/c1-15(29-22(32)18-10-5-6-11-19(18)23(29)33)21(31)28-17-9-7-8-16(14-17)27-20(30)12-13-26-24(34)35-25(2,3)4/h5-11,14-15H,12-13H2,1-4H3,(H,26,34)(H,27,30)(H,28,31). The lowest BCUT2D eigenvalue weighted by molar-refractivity contribution is -0.119. The van der Waals surface area contributed by atoms with Crippen LogP contribution in [0, 0.1) is 0 Å². The number of imide groups is 1. The summed E-state index contributed by atoms with van der Waals surface area (Å²) >= 11 is 0. The van der Waals surface area contributed by atoms with Crippen LogP contribution in [-0.2, 0) is 14.3 Å². The molecule has 3 rings (SSSR count). The van der Waals surface area contributed by atoms with Gasteiger partial charge >= 0.3 is 6.09 Å². The number of nitrogens with zero attached hydrogens (tertiary/aromatic N) is 1. The van der Waals surface area contributed by atoms with Crippen molar-refractivity contribution in [2.45, 2.75) is 45.8 Å². The second-order valence-electron chi connectivity index (χ2n) is 9.00. The van der Waals surface area contributed by atoms with Gasteiger partial charge in [0, 0.05) is 24.3 Å². The molecule has 1 aliphatic rings. The zero-order chi connectivity index (χ0) is 25.8. The number of ether oxygens (including phenoxy) is 1. The van der Waals surface area contributed by atoms with Crippen LogP contribution in [0.1, 0.15) is 54.8 Å². The lowest BCUT2D eigenvalue weighted by atomic mass is 10.1. The molecule has 184 valence electrons. The van der Waals surface area contributed by atoms with E-state index in [4.69, 9.17) is 4.74 Å². The van der Waals surface area contributed by atoms with E-state index in [2.05, 4.69) is 16.0 Å². The molecule has 0 aliphatic carbocycles. The van der Waals surface area contributed by atoms with Gasteiger partial charge in [0.15, 0.2) is 0 Å². The first-order valence-electron chi connectivity index (χ1n) is 11.1. The van der Waals surface area contributed by atoms with Crippen LogP contribution in [0.5, 0.6) is 0 Å². The number of benzene rings is 2. The van der Waals surface area contributed by atoms with Crippen molar-refractivity contribution >= 4 is 41.1 Å². The Kier molecular flexibility index (Phi) is 7.53. The quantitative estimate of drug-likeness (QED) is 0.521. The molecule has 0 radical (unpaired) electrons.